The van der Waals surface area contributed by atoms with Gasteiger partial charge in [0.25, 0.3) is 0 Å². The van der Waals surface area contributed by atoms with Crippen molar-refractivity contribution < 1.29 is 0 Å². The van der Waals surface area contributed by atoms with Gasteiger partial charge in [-0.3, -0.25) is 0 Å². The van der Waals surface area contributed by atoms with Crippen LogP contribution in [0, 0.1) is 0 Å². The summed E-state index contributed by atoms with van der Waals surface area (Å²) in [7, 11) is 7.92. The average molecular weight is 220 g/mol. The minimum absolute atomic E-state index is 0.568. The Morgan fingerprint density at radius 1 is 1.06 bits per heavy atom. The van der Waals surface area contributed by atoms with Crippen LogP contribution in [0.25, 0.3) is 0 Å². The Hall–Kier alpha value is -1.55. The highest BCUT2D eigenvalue weighted by Gasteiger charge is 2.04. The number of aliphatic imine (C=N–C) groups is 1. The van der Waals surface area contributed by atoms with E-state index in [2.05, 4.69) is 4.99 Å². The molecule has 1 rings (SSSR count). The smallest absolute Gasteiger partial charge is 0.200 e. The molecule has 1 aromatic rings. The van der Waals surface area contributed by atoms with E-state index in [0.717, 1.165) is 17.2 Å². The van der Waals surface area contributed by atoms with Crippen molar-refractivity contribution in [3.8, 4) is 0 Å². The third-order valence-corrected chi connectivity index (χ3v) is 2.20. The number of hydrogen-bond donors (Lipinski definition) is 1. The monoisotopic (exact) mass is 220 g/mol. The molecule has 0 radical (unpaired) electrons. The molecule has 0 aliphatic heterocycles. The Morgan fingerprint density at radius 2 is 1.56 bits per heavy atom. The fourth-order valence-electron chi connectivity index (χ4n) is 1.42. The van der Waals surface area contributed by atoms with Gasteiger partial charge in [-0.15, -0.1) is 0 Å². The summed E-state index contributed by atoms with van der Waals surface area (Å²) in [4.78, 5) is 8.53. The van der Waals surface area contributed by atoms with E-state index < -0.39 is 0 Å². The van der Waals surface area contributed by atoms with Crippen LogP contribution in [-0.2, 0) is 6.54 Å². The topological polar surface area (TPSA) is 44.9 Å². The molecule has 0 saturated carbocycles. The molecule has 4 heteroatoms. The zero-order valence-electron chi connectivity index (χ0n) is 10.4. The molecule has 0 bridgehead atoms. The second-order valence-corrected chi connectivity index (χ2v) is 4.07. The number of guanidine groups is 1. The van der Waals surface area contributed by atoms with E-state index in [9.17, 15) is 0 Å². The van der Waals surface area contributed by atoms with Crippen molar-refractivity contribution in [3.63, 3.8) is 0 Å². The lowest BCUT2D eigenvalue weighted by atomic mass is 10.2. The van der Waals surface area contributed by atoms with Crippen LogP contribution in [0.15, 0.2) is 29.3 Å². The highest BCUT2D eigenvalue weighted by atomic mass is 15.3. The molecule has 0 aromatic heterocycles. The molecule has 0 fully saturated rings. The standard InChI is InChI=1S/C12H20N4/c1-15(2)12(16(3)4)14-11-7-5-10(9-13)6-8-11/h5-8H,9,13H2,1-4H3. The van der Waals surface area contributed by atoms with Gasteiger partial charge in [-0.25, -0.2) is 4.99 Å². The number of benzene rings is 1. The molecule has 16 heavy (non-hydrogen) atoms. The van der Waals surface area contributed by atoms with E-state index in [1.54, 1.807) is 0 Å². The summed E-state index contributed by atoms with van der Waals surface area (Å²) >= 11 is 0. The van der Waals surface area contributed by atoms with Crippen LogP contribution in [0.4, 0.5) is 5.69 Å². The number of nitrogens with two attached hydrogens (primary N) is 1. The van der Waals surface area contributed by atoms with Crippen molar-refractivity contribution in [1.82, 2.24) is 9.80 Å². The maximum atomic E-state index is 5.55. The van der Waals surface area contributed by atoms with Crippen molar-refractivity contribution in [1.29, 1.82) is 0 Å². The molecule has 0 saturated heterocycles. The minimum atomic E-state index is 0.568. The van der Waals surface area contributed by atoms with E-state index >= 15 is 0 Å². The molecule has 0 aliphatic rings. The minimum Gasteiger partial charge on any atom is -0.349 e. The van der Waals surface area contributed by atoms with E-state index in [1.807, 2.05) is 62.3 Å². The van der Waals surface area contributed by atoms with Gasteiger partial charge in [0.05, 0.1) is 5.69 Å². The maximum Gasteiger partial charge on any atom is 0.200 e. The molecule has 4 nitrogen and oxygen atoms in total. The molecule has 0 spiro atoms. The van der Waals surface area contributed by atoms with Crippen LogP contribution in [0.2, 0.25) is 0 Å². The van der Waals surface area contributed by atoms with Crippen molar-refractivity contribution in [2.45, 2.75) is 6.54 Å². The number of nitrogens with zero attached hydrogens (tertiary/aromatic N) is 3. The summed E-state index contributed by atoms with van der Waals surface area (Å²) in [5.74, 6) is 0.917. The Morgan fingerprint density at radius 3 is 1.94 bits per heavy atom. The predicted molar refractivity (Wildman–Crippen MR) is 68.8 cm³/mol. The highest BCUT2D eigenvalue weighted by Crippen LogP contribution is 2.13. The van der Waals surface area contributed by atoms with Gasteiger partial charge in [-0.2, -0.15) is 0 Å². The van der Waals surface area contributed by atoms with Gasteiger partial charge >= 0.3 is 0 Å². The second kappa shape index (κ2) is 5.51. The first-order valence-electron chi connectivity index (χ1n) is 5.27. The van der Waals surface area contributed by atoms with Gasteiger partial charge in [0.1, 0.15) is 0 Å². The molecule has 0 aliphatic carbocycles. The van der Waals surface area contributed by atoms with E-state index in [0.29, 0.717) is 6.54 Å². The Bertz CT molecular complexity index is 342. The Kier molecular flexibility index (Phi) is 4.31. The zero-order chi connectivity index (χ0) is 12.1. The maximum absolute atomic E-state index is 5.55. The van der Waals surface area contributed by atoms with E-state index in [-0.39, 0.29) is 0 Å². The molecular formula is C12H20N4. The first kappa shape index (κ1) is 12.5. The van der Waals surface area contributed by atoms with Crippen molar-refractivity contribution >= 4 is 11.6 Å². The van der Waals surface area contributed by atoms with E-state index in [1.165, 1.54) is 0 Å². The number of hydrogen-bond acceptors (Lipinski definition) is 2. The van der Waals surface area contributed by atoms with Gasteiger partial charge in [0, 0.05) is 34.7 Å². The molecular weight excluding hydrogens is 200 g/mol. The van der Waals surface area contributed by atoms with E-state index in [4.69, 9.17) is 5.73 Å². The van der Waals surface area contributed by atoms with Gasteiger partial charge in [0.15, 0.2) is 0 Å². The molecule has 0 atom stereocenters. The fourth-order valence-corrected chi connectivity index (χ4v) is 1.42. The molecule has 1 aromatic carbocycles. The molecule has 0 heterocycles. The first-order valence-corrected chi connectivity index (χ1v) is 5.27. The van der Waals surface area contributed by atoms with Gasteiger partial charge in [0.2, 0.25) is 5.96 Å². The zero-order valence-corrected chi connectivity index (χ0v) is 10.4. The van der Waals surface area contributed by atoms with Crippen molar-refractivity contribution in [3.05, 3.63) is 29.8 Å². The lowest BCUT2D eigenvalue weighted by Crippen LogP contribution is -2.35. The van der Waals surface area contributed by atoms with Crippen LogP contribution in [0.5, 0.6) is 0 Å². The van der Waals surface area contributed by atoms with Crippen LogP contribution >= 0.6 is 0 Å². The van der Waals surface area contributed by atoms with Gasteiger partial charge in [-0.05, 0) is 17.7 Å². The normalized spacial score (nSPS) is 9.81. The van der Waals surface area contributed by atoms with Crippen LogP contribution in [-0.4, -0.2) is 44.0 Å². The molecule has 88 valence electrons. The molecule has 0 amide bonds. The summed E-state index contributed by atoms with van der Waals surface area (Å²) < 4.78 is 0. The lowest BCUT2D eigenvalue weighted by molar-refractivity contribution is 0.484. The Labute approximate surface area is 97.4 Å². The summed E-state index contributed by atoms with van der Waals surface area (Å²) in [5, 5.41) is 0. The number of rotatable bonds is 2. The van der Waals surface area contributed by atoms with Crippen LogP contribution in [0.3, 0.4) is 0 Å². The fraction of sp³-hybridized carbons (Fsp3) is 0.417. The molecule has 0 unspecified atom stereocenters. The van der Waals surface area contributed by atoms with Crippen molar-refractivity contribution in [2.24, 2.45) is 10.7 Å². The average Bonchev–Trinajstić information content (AvgIpc) is 2.25. The second-order valence-electron chi connectivity index (χ2n) is 4.07. The lowest BCUT2D eigenvalue weighted by Gasteiger charge is -2.22. The Balaban J connectivity index is 2.94. The quantitative estimate of drug-likeness (QED) is 0.603. The summed E-state index contributed by atoms with van der Waals surface area (Å²) in [6, 6.07) is 7.97. The predicted octanol–water partition coefficient (Wildman–Crippen LogP) is 1.26. The van der Waals surface area contributed by atoms with Crippen molar-refractivity contribution in [2.75, 3.05) is 28.2 Å². The SMILES string of the molecule is CN(C)C(=Nc1ccc(CN)cc1)N(C)C. The van der Waals surface area contributed by atoms with Crippen LogP contribution < -0.4 is 5.73 Å². The van der Waals surface area contributed by atoms with Crippen LogP contribution in [0.1, 0.15) is 5.56 Å². The first-order chi connectivity index (χ1) is 7.54. The summed E-state index contributed by atoms with van der Waals surface area (Å²) in [6.45, 7) is 0.568. The third-order valence-electron chi connectivity index (χ3n) is 2.20. The van der Waals surface area contributed by atoms with Gasteiger partial charge in [-0.1, -0.05) is 12.1 Å². The summed E-state index contributed by atoms with van der Waals surface area (Å²) in [6.07, 6.45) is 0. The van der Waals surface area contributed by atoms with Gasteiger partial charge < -0.3 is 15.5 Å². The highest BCUT2D eigenvalue weighted by molar-refractivity contribution is 5.81. The molecule has 2 N–H and O–H groups in total. The summed E-state index contributed by atoms with van der Waals surface area (Å²) in [5.41, 5.74) is 7.61. The third kappa shape index (κ3) is 3.24. The largest absolute Gasteiger partial charge is 0.349 e.